The van der Waals surface area contributed by atoms with Gasteiger partial charge in [0.15, 0.2) is 0 Å². The summed E-state index contributed by atoms with van der Waals surface area (Å²) in [7, 11) is -3.23. The minimum absolute atomic E-state index is 0. The Kier molecular flexibility index (Phi) is 26.8. The Bertz CT molecular complexity index is 774. The second kappa shape index (κ2) is 24.4. The summed E-state index contributed by atoms with van der Waals surface area (Å²) in [5.41, 5.74) is 2.13. The van der Waals surface area contributed by atoms with Crippen LogP contribution in [0, 0.1) is 50.4 Å². The van der Waals surface area contributed by atoms with Gasteiger partial charge in [-0.2, -0.15) is 0 Å². The van der Waals surface area contributed by atoms with E-state index in [0.29, 0.717) is 23.3 Å². The molecule has 4 fully saturated rings. The molecule has 0 bridgehead atoms. The molecule has 4 saturated carbocycles. The van der Waals surface area contributed by atoms with Gasteiger partial charge in [0.05, 0.1) is 0 Å². The maximum absolute atomic E-state index is 5.59. The van der Waals surface area contributed by atoms with Crippen molar-refractivity contribution >= 4 is 93.2 Å². The normalized spacial score (nSPS) is 30.6. The zero-order chi connectivity index (χ0) is 34.1. The van der Waals surface area contributed by atoms with Gasteiger partial charge in [-0.15, -0.1) is 11.1 Å². The average molecular weight is 1210 g/mol. The van der Waals surface area contributed by atoms with E-state index in [-0.39, 0.29) is 25.9 Å². The van der Waals surface area contributed by atoms with Gasteiger partial charge in [-0.25, -0.2) is 0 Å². The fraction of sp³-hybridized carbons (Fsp3) is 0.946. The third-order valence-corrected chi connectivity index (χ3v) is 19.2. The molecule has 0 radical (unpaired) electrons. The summed E-state index contributed by atoms with van der Waals surface area (Å²) >= 11 is 10.5. The molecule has 0 N–H and O–H groups in total. The summed E-state index contributed by atoms with van der Waals surface area (Å²) in [5.74, 6) is 5.97. The van der Waals surface area contributed by atoms with Crippen molar-refractivity contribution in [3.8, 4) is 0 Å². The number of fused-ring (bicyclic) bond motifs is 2. The number of hydrogen-bond donors (Lipinski definition) is 0. The molecule has 0 aromatic heterocycles. The first-order valence-electron chi connectivity index (χ1n) is 18.3. The molecule has 2 nitrogen and oxygen atoms in total. The Morgan fingerprint density at radius 2 is 0.851 bits per heavy atom. The van der Waals surface area contributed by atoms with Crippen LogP contribution in [-0.4, -0.2) is 27.5 Å². The Labute approximate surface area is 357 Å². The maximum atomic E-state index is 5.59. The van der Waals surface area contributed by atoms with Crippen LogP contribution in [0.4, 0.5) is 0 Å². The van der Waals surface area contributed by atoms with Crippen LogP contribution in [0.1, 0.15) is 138 Å². The van der Waals surface area contributed by atoms with Gasteiger partial charge >= 0.3 is 100 Å². The van der Waals surface area contributed by atoms with E-state index in [2.05, 4.69) is 144 Å². The monoisotopic (exact) mass is 1210 g/mol. The summed E-state index contributed by atoms with van der Waals surface area (Å²) in [6, 6.07) is 0. The van der Waals surface area contributed by atoms with Gasteiger partial charge in [0.2, 0.25) is 0 Å². The van der Waals surface area contributed by atoms with Crippen LogP contribution >= 0.6 is 76.8 Å². The van der Waals surface area contributed by atoms with Crippen LogP contribution < -0.4 is 0 Å². The topological polar surface area (TPSA) is 28.2 Å². The molecule has 0 aromatic carbocycles. The third kappa shape index (κ3) is 17.6. The van der Waals surface area contributed by atoms with E-state index in [0.717, 1.165) is 46.6 Å². The third-order valence-electron chi connectivity index (χ3n) is 11.6. The Morgan fingerprint density at radius 1 is 0.553 bits per heavy atom. The van der Waals surface area contributed by atoms with Crippen LogP contribution in [0.3, 0.4) is 0 Å². The molecule has 10 heteroatoms. The molecule has 0 spiro atoms. The van der Waals surface area contributed by atoms with Gasteiger partial charge < -0.3 is 24.8 Å². The van der Waals surface area contributed by atoms with E-state index < -0.39 is 16.5 Å². The van der Waals surface area contributed by atoms with Gasteiger partial charge in [-0.05, 0) is 48.3 Å². The number of unbranched alkanes of at least 4 members (excludes halogenated alkanes) is 2. The molecule has 0 saturated heterocycles. The fourth-order valence-electron chi connectivity index (χ4n) is 11.4. The van der Waals surface area contributed by atoms with Crippen LogP contribution in [0.25, 0.3) is 9.96 Å². The molecule has 8 unspecified atom stereocenters. The second-order valence-electron chi connectivity index (χ2n) is 18.1. The van der Waals surface area contributed by atoms with Crippen molar-refractivity contribution in [1.29, 1.82) is 0 Å². The minimum atomic E-state index is -1.62. The molecular formula is C37H74I4N2Si2Ti2-4. The van der Waals surface area contributed by atoms with E-state index in [1.165, 1.54) is 96.3 Å². The molecule has 0 amide bonds. The van der Waals surface area contributed by atoms with Gasteiger partial charge in [0.25, 0.3) is 0 Å². The van der Waals surface area contributed by atoms with Crippen LogP contribution in [-0.2, 0) is 23.3 Å². The quantitative estimate of drug-likeness (QED) is 0.0903. The number of rotatable bonds is 10. The van der Waals surface area contributed by atoms with E-state index in [1.807, 2.05) is 0 Å². The van der Waals surface area contributed by atoms with Gasteiger partial charge in [0, 0.05) is 0 Å². The summed E-state index contributed by atoms with van der Waals surface area (Å²) in [6.07, 6.45) is 22.5. The van der Waals surface area contributed by atoms with E-state index in [1.54, 1.807) is 0 Å². The molecule has 0 heterocycles. The first kappa shape index (κ1) is 51.7. The Hall–Kier alpha value is 4.70. The molecule has 0 aromatic rings. The summed E-state index contributed by atoms with van der Waals surface area (Å²) in [6.45, 7) is 24.6. The zero-order valence-corrected chi connectivity index (χ0v) is 46.4. The van der Waals surface area contributed by atoms with Crippen LogP contribution in [0.5, 0.6) is 0 Å². The first-order chi connectivity index (χ1) is 20.9. The second-order valence-corrected chi connectivity index (χ2v) is 52.9. The number of hydrogen-bond acceptors (Lipinski definition) is 0. The van der Waals surface area contributed by atoms with Crippen molar-refractivity contribution < 1.29 is 23.3 Å². The average Bonchev–Trinajstić information content (AvgIpc) is 3.45. The molecule has 0 aliphatic heterocycles. The Morgan fingerprint density at radius 3 is 1.15 bits per heavy atom. The van der Waals surface area contributed by atoms with E-state index in [4.69, 9.17) is 9.96 Å². The zero-order valence-electron chi connectivity index (χ0n) is 32.6. The molecule has 8 atom stereocenters. The predicted octanol–water partition coefficient (Wildman–Crippen LogP) is 16.5. The SMILES string of the molecule is CC(C)(C)[N-][Si](C)(C)C1C(CCCCCC2CC3CCCCC3C2[Si](C)(C)[N-]C(C)(C)C)CC2CCCCC21.[CH3-].[CH3-].[I][Ti][I].[I][Ti][I]. The van der Waals surface area contributed by atoms with E-state index in [9.17, 15) is 0 Å². The number of halogens is 4. The van der Waals surface area contributed by atoms with Crippen molar-refractivity contribution in [2.45, 2.75) is 186 Å². The molecule has 4 aliphatic rings. The molecular weight excluding hydrogens is 1130 g/mol. The Balaban J connectivity index is 0.00000246. The molecule has 47 heavy (non-hydrogen) atoms. The van der Waals surface area contributed by atoms with Crippen molar-refractivity contribution in [3.63, 3.8) is 0 Å². The van der Waals surface area contributed by atoms with Crippen LogP contribution in [0.2, 0.25) is 37.3 Å². The molecule has 4 aliphatic carbocycles. The summed E-state index contributed by atoms with van der Waals surface area (Å²) < 4.78 is 0. The van der Waals surface area contributed by atoms with Crippen LogP contribution in [0.15, 0.2) is 0 Å². The van der Waals surface area contributed by atoms with Crippen molar-refractivity contribution in [1.82, 2.24) is 0 Å². The van der Waals surface area contributed by atoms with Crippen molar-refractivity contribution in [2.75, 3.05) is 0 Å². The molecule has 280 valence electrons. The fourth-order valence-corrected chi connectivity index (χ4v) is 21.1. The van der Waals surface area contributed by atoms with Gasteiger partial charge in [-0.1, -0.05) is 179 Å². The molecule has 4 rings (SSSR count). The summed E-state index contributed by atoms with van der Waals surface area (Å²) in [4.78, 5) is 11.2. The standard InChI is InChI=1S/C35H68N2Si2.2CH3.4HI.2Ti/c1-34(2,3)36-38(7,8)32-28(24-26-18-14-16-22-30(26)32)20-12-11-13-21-29-25-27-19-15-17-23-31(27)33(29)39(9,10)37-35(4,5)6;;;;;;;;/h26-33H,11-25H2,1-10H3;2*1H3;4*1H;;/q-2;2*-1;;;;;2*+2/p-4. The predicted molar refractivity (Wildman–Crippen MR) is 248 cm³/mol. The van der Waals surface area contributed by atoms with Gasteiger partial charge in [0.1, 0.15) is 0 Å². The van der Waals surface area contributed by atoms with Gasteiger partial charge in [-0.3, -0.25) is 0 Å². The first-order valence-corrected chi connectivity index (χ1v) is 44.5. The van der Waals surface area contributed by atoms with Crippen molar-refractivity contribution in [3.05, 3.63) is 24.8 Å². The van der Waals surface area contributed by atoms with Crippen molar-refractivity contribution in [2.24, 2.45) is 35.5 Å². The summed E-state index contributed by atoms with van der Waals surface area (Å²) in [5, 5.41) is 0. The van der Waals surface area contributed by atoms with E-state index >= 15 is 0 Å². The number of nitrogens with zero attached hydrogens (tertiary/aromatic N) is 2.